The molecule has 2 aromatic rings. The Morgan fingerprint density at radius 2 is 2.00 bits per heavy atom. The summed E-state index contributed by atoms with van der Waals surface area (Å²) < 4.78 is 6.98. The number of carbonyl (C=O) groups is 2. The third-order valence-electron chi connectivity index (χ3n) is 3.24. The third-order valence-corrected chi connectivity index (χ3v) is 3.24. The number of ether oxygens (including phenoxy) is 1. The summed E-state index contributed by atoms with van der Waals surface area (Å²) in [6, 6.07) is 9.04. The first-order valence-electron chi connectivity index (χ1n) is 6.50. The smallest absolute Gasteiger partial charge is 0.340 e. The highest BCUT2D eigenvalue weighted by Crippen LogP contribution is 2.23. The molecule has 0 aliphatic rings. The molecule has 0 N–H and O–H groups in total. The second kappa shape index (κ2) is 5.74. The van der Waals surface area contributed by atoms with E-state index in [2.05, 4.69) is 0 Å². The Hall–Kier alpha value is -2.36. The number of hydrogen-bond donors (Lipinski definition) is 0. The van der Waals surface area contributed by atoms with E-state index < -0.39 is 0 Å². The van der Waals surface area contributed by atoms with Gasteiger partial charge >= 0.3 is 5.97 Å². The molecule has 20 heavy (non-hydrogen) atoms. The molecule has 0 amide bonds. The Kier molecular flexibility index (Phi) is 4.03. The molecule has 0 spiro atoms. The molecule has 0 radical (unpaired) electrons. The number of esters is 1. The number of nitrogens with zero attached hydrogens (tertiary/aromatic N) is 1. The zero-order chi connectivity index (χ0) is 14.7. The minimum Gasteiger partial charge on any atom is -0.462 e. The van der Waals surface area contributed by atoms with Crippen LogP contribution in [0.1, 0.15) is 39.0 Å². The zero-order valence-corrected chi connectivity index (χ0v) is 11.8. The monoisotopic (exact) mass is 271 g/mol. The minimum atomic E-state index is -0.358. The molecule has 0 saturated heterocycles. The molecule has 0 unspecified atom stereocenters. The third kappa shape index (κ3) is 2.37. The van der Waals surface area contributed by atoms with E-state index >= 15 is 0 Å². The van der Waals surface area contributed by atoms with Crippen LogP contribution in [0.25, 0.3) is 5.69 Å². The molecule has 4 nitrogen and oxygen atoms in total. The van der Waals surface area contributed by atoms with Gasteiger partial charge in [0.25, 0.3) is 0 Å². The molecule has 1 aromatic heterocycles. The van der Waals surface area contributed by atoms with E-state index in [-0.39, 0.29) is 5.97 Å². The average Bonchev–Trinajstić information content (AvgIpc) is 2.73. The Balaban J connectivity index is 2.62. The van der Waals surface area contributed by atoms with Crippen LogP contribution in [0.3, 0.4) is 0 Å². The normalized spacial score (nSPS) is 10.3. The van der Waals surface area contributed by atoms with E-state index in [1.165, 1.54) is 0 Å². The van der Waals surface area contributed by atoms with Crippen LogP contribution in [-0.4, -0.2) is 23.4 Å². The number of aldehydes is 1. The summed E-state index contributed by atoms with van der Waals surface area (Å²) in [5.74, 6) is -0.358. The van der Waals surface area contributed by atoms with Gasteiger partial charge < -0.3 is 9.30 Å². The molecule has 0 fully saturated rings. The molecule has 104 valence electrons. The molecular formula is C16H17NO3. The van der Waals surface area contributed by atoms with Gasteiger partial charge in [-0.1, -0.05) is 12.1 Å². The molecule has 0 bridgehead atoms. The fourth-order valence-electron chi connectivity index (χ4n) is 2.33. The van der Waals surface area contributed by atoms with Gasteiger partial charge in [0.05, 0.1) is 17.9 Å². The number of hydrogen-bond acceptors (Lipinski definition) is 3. The van der Waals surface area contributed by atoms with Gasteiger partial charge in [-0.2, -0.15) is 0 Å². The molecular weight excluding hydrogens is 254 g/mol. The molecule has 2 rings (SSSR count). The Morgan fingerprint density at radius 1 is 1.30 bits per heavy atom. The maximum atomic E-state index is 12.0. The fourth-order valence-corrected chi connectivity index (χ4v) is 2.33. The van der Waals surface area contributed by atoms with Crippen molar-refractivity contribution >= 4 is 12.3 Å². The summed E-state index contributed by atoms with van der Waals surface area (Å²) in [5, 5.41) is 0. The van der Waals surface area contributed by atoms with Crippen LogP contribution in [0.15, 0.2) is 30.3 Å². The van der Waals surface area contributed by atoms with Crippen molar-refractivity contribution in [1.82, 2.24) is 4.57 Å². The summed E-state index contributed by atoms with van der Waals surface area (Å²) in [4.78, 5) is 23.1. The molecule has 1 heterocycles. The van der Waals surface area contributed by atoms with Crippen molar-refractivity contribution in [2.45, 2.75) is 20.8 Å². The number of aryl methyl sites for hydroxylation is 1. The van der Waals surface area contributed by atoms with Crippen molar-refractivity contribution in [1.29, 1.82) is 0 Å². The predicted octanol–water partition coefficient (Wildman–Crippen LogP) is 3.08. The van der Waals surface area contributed by atoms with Gasteiger partial charge in [-0.25, -0.2) is 4.79 Å². The van der Waals surface area contributed by atoms with Crippen LogP contribution in [0.4, 0.5) is 0 Å². The largest absolute Gasteiger partial charge is 0.462 e. The summed E-state index contributed by atoms with van der Waals surface area (Å²) in [6.07, 6.45) is 0.825. The maximum Gasteiger partial charge on any atom is 0.340 e. The standard InChI is InChI=1S/C16H17NO3/c1-4-20-16(19)14-7-5-6-8-15(14)17-11(2)9-13(10-18)12(17)3/h5-10H,4H2,1-3H3. The van der Waals surface area contributed by atoms with Gasteiger partial charge in [-0.15, -0.1) is 0 Å². The van der Waals surface area contributed by atoms with E-state index in [9.17, 15) is 9.59 Å². The van der Waals surface area contributed by atoms with Crippen molar-refractivity contribution in [3.8, 4) is 5.69 Å². The summed E-state index contributed by atoms with van der Waals surface area (Å²) >= 11 is 0. The summed E-state index contributed by atoms with van der Waals surface area (Å²) in [7, 11) is 0. The average molecular weight is 271 g/mol. The Labute approximate surface area is 118 Å². The van der Waals surface area contributed by atoms with E-state index in [1.807, 2.05) is 36.6 Å². The molecule has 0 atom stereocenters. The summed E-state index contributed by atoms with van der Waals surface area (Å²) in [5.41, 5.74) is 3.57. The number of rotatable bonds is 4. The lowest BCUT2D eigenvalue weighted by Gasteiger charge is -2.13. The number of carbonyl (C=O) groups excluding carboxylic acids is 2. The topological polar surface area (TPSA) is 48.3 Å². The van der Waals surface area contributed by atoms with Crippen molar-refractivity contribution in [2.24, 2.45) is 0 Å². The lowest BCUT2D eigenvalue weighted by Crippen LogP contribution is -2.11. The van der Waals surface area contributed by atoms with Gasteiger partial charge in [-0.3, -0.25) is 4.79 Å². The molecule has 0 aliphatic carbocycles. The first-order valence-corrected chi connectivity index (χ1v) is 6.50. The lowest BCUT2D eigenvalue weighted by atomic mass is 10.1. The molecule has 1 aromatic carbocycles. The van der Waals surface area contributed by atoms with E-state index in [0.29, 0.717) is 17.7 Å². The van der Waals surface area contributed by atoms with E-state index in [1.54, 1.807) is 19.1 Å². The van der Waals surface area contributed by atoms with Gasteiger partial charge in [-0.05, 0) is 39.0 Å². The first kappa shape index (κ1) is 14.1. The van der Waals surface area contributed by atoms with Crippen molar-refractivity contribution in [3.63, 3.8) is 0 Å². The second-order valence-corrected chi connectivity index (χ2v) is 4.52. The van der Waals surface area contributed by atoms with Crippen LogP contribution in [-0.2, 0) is 4.74 Å². The highest BCUT2D eigenvalue weighted by atomic mass is 16.5. The van der Waals surface area contributed by atoms with Crippen LogP contribution >= 0.6 is 0 Å². The molecule has 4 heteroatoms. The van der Waals surface area contributed by atoms with Gasteiger partial charge in [0.15, 0.2) is 6.29 Å². The minimum absolute atomic E-state index is 0.330. The Bertz CT molecular complexity index is 656. The first-order chi connectivity index (χ1) is 9.60. The van der Waals surface area contributed by atoms with Crippen molar-refractivity contribution in [2.75, 3.05) is 6.61 Å². The number of benzene rings is 1. The predicted molar refractivity (Wildman–Crippen MR) is 76.6 cm³/mol. The van der Waals surface area contributed by atoms with Crippen molar-refractivity contribution in [3.05, 3.63) is 52.8 Å². The summed E-state index contributed by atoms with van der Waals surface area (Å²) in [6.45, 7) is 5.87. The van der Waals surface area contributed by atoms with Gasteiger partial charge in [0, 0.05) is 17.0 Å². The van der Waals surface area contributed by atoms with Crippen LogP contribution < -0.4 is 0 Å². The zero-order valence-electron chi connectivity index (χ0n) is 11.8. The molecule has 0 saturated carbocycles. The van der Waals surface area contributed by atoms with Crippen LogP contribution in [0.2, 0.25) is 0 Å². The van der Waals surface area contributed by atoms with Crippen LogP contribution in [0.5, 0.6) is 0 Å². The van der Waals surface area contributed by atoms with E-state index in [4.69, 9.17) is 4.74 Å². The molecule has 0 aliphatic heterocycles. The number of aromatic nitrogens is 1. The van der Waals surface area contributed by atoms with E-state index in [0.717, 1.165) is 23.4 Å². The van der Waals surface area contributed by atoms with Gasteiger partial charge in [0.1, 0.15) is 0 Å². The highest BCUT2D eigenvalue weighted by molar-refractivity contribution is 5.93. The van der Waals surface area contributed by atoms with Crippen LogP contribution in [0, 0.1) is 13.8 Å². The lowest BCUT2D eigenvalue weighted by molar-refractivity contribution is 0.0526. The highest BCUT2D eigenvalue weighted by Gasteiger charge is 2.17. The maximum absolute atomic E-state index is 12.0. The quantitative estimate of drug-likeness (QED) is 0.634. The SMILES string of the molecule is CCOC(=O)c1ccccc1-n1c(C)cc(C=O)c1C. The fraction of sp³-hybridized carbons (Fsp3) is 0.250. The second-order valence-electron chi connectivity index (χ2n) is 4.52. The number of para-hydroxylation sites is 1. The van der Waals surface area contributed by atoms with Gasteiger partial charge in [0.2, 0.25) is 0 Å². The van der Waals surface area contributed by atoms with Crippen molar-refractivity contribution < 1.29 is 14.3 Å². The Morgan fingerprint density at radius 3 is 2.60 bits per heavy atom.